The summed E-state index contributed by atoms with van der Waals surface area (Å²) in [7, 11) is 1.54. The minimum atomic E-state index is -1.16. The summed E-state index contributed by atoms with van der Waals surface area (Å²) in [5.41, 5.74) is 0.257. The summed E-state index contributed by atoms with van der Waals surface area (Å²) in [6, 6.07) is 8.47. The summed E-state index contributed by atoms with van der Waals surface area (Å²) in [4.78, 5) is 22.9. The van der Waals surface area contributed by atoms with Crippen LogP contribution < -0.4 is 10.1 Å². The first-order valence-electron chi connectivity index (χ1n) is 5.80. The Kier molecular flexibility index (Phi) is 3.69. The highest BCUT2D eigenvalue weighted by Gasteiger charge is 2.21. The SMILES string of the molecule is Cc1nn(C)c(NC(=O)Oc2ccccc2)c1C(=O)O. The van der Waals surface area contributed by atoms with Crippen LogP contribution in [-0.4, -0.2) is 26.9 Å². The zero-order chi connectivity index (χ0) is 14.7. The van der Waals surface area contributed by atoms with Crippen LogP contribution in [0.3, 0.4) is 0 Å². The molecule has 2 rings (SSSR count). The number of ether oxygens (including phenoxy) is 1. The van der Waals surface area contributed by atoms with Crippen molar-refractivity contribution < 1.29 is 19.4 Å². The average molecular weight is 275 g/mol. The highest BCUT2D eigenvalue weighted by atomic mass is 16.6. The van der Waals surface area contributed by atoms with Crippen LogP contribution in [0.25, 0.3) is 0 Å². The van der Waals surface area contributed by atoms with Gasteiger partial charge in [-0.2, -0.15) is 5.10 Å². The molecule has 0 bridgehead atoms. The van der Waals surface area contributed by atoms with Crippen LogP contribution in [0.2, 0.25) is 0 Å². The second-order valence-electron chi connectivity index (χ2n) is 4.07. The van der Waals surface area contributed by atoms with Gasteiger partial charge < -0.3 is 9.84 Å². The molecule has 104 valence electrons. The smallest absolute Gasteiger partial charge is 0.418 e. The number of rotatable bonds is 3. The number of hydrogen-bond donors (Lipinski definition) is 2. The molecule has 0 saturated heterocycles. The molecular formula is C13H13N3O4. The summed E-state index contributed by atoms with van der Waals surface area (Å²) in [6.45, 7) is 1.55. The summed E-state index contributed by atoms with van der Waals surface area (Å²) < 4.78 is 6.32. The number of hydrogen-bond acceptors (Lipinski definition) is 4. The van der Waals surface area contributed by atoms with Crippen LogP contribution in [0, 0.1) is 6.92 Å². The van der Waals surface area contributed by atoms with Crippen LogP contribution >= 0.6 is 0 Å². The molecule has 7 heteroatoms. The Labute approximate surface area is 114 Å². The molecule has 0 aliphatic carbocycles. The number of benzene rings is 1. The first-order chi connectivity index (χ1) is 9.49. The maximum atomic E-state index is 11.8. The van der Waals surface area contributed by atoms with E-state index in [4.69, 9.17) is 9.84 Å². The molecule has 0 aliphatic heterocycles. The normalized spacial score (nSPS) is 10.1. The van der Waals surface area contributed by atoms with Crippen molar-refractivity contribution in [2.45, 2.75) is 6.92 Å². The Balaban J connectivity index is 2.18. The Morgan fingerprint density at radius 1 is 1.30 bits per heavy atom. The lowest BCUT2D eigenvalue weighted by molar-refractivity contribution is 0.0697. The monoisotopic (exact) mass is 275 g/mol. The van der Waals surface area contributed by atoms with Gasteiger partial charge in [-0.15, -0.1) is 0 Å². The van der Waals surface area contributed by atoms with E-state index < -0.39 is 12.1 Å². The van der Waals surface area contributed by atoms with Crippen LogP contribution in [0.1, 0.15) is 16.1 Å². The molecule has 1 heterocycles. The fourth-order valence-corrected chi connectivity index (χ4v) is 1.78. The Morgan fingerprint density at radius 2 is 1.95 bits per heavy atom. The molecule has 0 aliphatic rings. The topological polar surface area (TPSA) is 93.5 Å². The van der Waals surface area contributed by atoms with Crippen molar-refractivity contribution in [2.75, 3.05) is 5.32 Å². The summed E-state index contributed by atoms with van der Waals surface area (Å²) in [6.07, 6.45) is -0.776. The van der Waals surface area contributed by atoms with Gasteiger partial charge in [0, 0.05) is 7.05 Å². The van der Waals surface area contributed by atoms with Gasteiger partial charge in [0.05, 0.1) is 5.69 Å². The van der Waals surface area contributed by atoms with Gasteiger partial charge in [0.1, 0.15) is 17.1 Å². The molecule has 0 radical (unpaired) electrons. The lowest BCUT2D eigenvalue weighted by Gasteiger charge is -2.07. The molecule has 1 amide bonds. The van der Waals surface area contributed by atoms with Crippen molar-refractivity contribution in [3.8, 4) is 5.75 Å². The zero-order valence-electron chi connectivity index (χ0n) is 11.0. The molecular weight excluding hydrogens is 262 g/mol. The van der Waals surface area contributed by atoms with Gasteiger partial charge in [0.25, 0.3) is 0 Å². The van der Waals surface area contributed by atoms with Crippen molar-refractivity contribution in [3.05, 3.63) is 41.6 Å². The van der Waals surface area contributed by atoms with Gasteiger partial charge in [-0.25, -0.2) is 9.59 Å². The number of carbonyl (C=O) groups is 2. The number of nitrogens with zero attached hydrogens (tertiary/aromatic N) is 2. The molecule has 0 spiro atoms. The molecule has 20 heavy (non-hydrogen) atoms. The minimum Gasteiger partial charge on any atom is -0.477 e. The Bertz CT molecular complexity index is 649. The zero-order valence-corrected chi connectivity index (χ0v) is 11.0. The van der Waals surface area contributed by atoms with Crippen molar-refractivity contribution >= 4 is 17.9 Å². The third kappa shape index (κ3) is 2.77. The van der Waals surface area contributed by atoms with E-state index in [1.807, 2.05) is 0 Å². The van der Waals surface area contributed by atoms with Gasteiger partial charge >= 0.3 is 12.1 Å². The van der Waals surface area contributed by atoms with Gasteiger partial charge in [-0.3, -0.25) is 10.00 Å². The average Bonchev–Trinajstić information content (AvgIpc) is 2.65. The maximum Gasteiger partial charge on any atom is 0.418 e. The van der Waals surface area contributed by atoms with Crippen molar-refractivity contribution in [1.29, 1.82) is 0 Å². The third-order valence-electron chi connectivity index (χ3n) is 2.61. The van der Waals surface area contributed by atoms with Crippen LogP contribution in [0.5, 0.6) is 5.75 Å². The fourth-order valence-electron chi connectivity index (χ4n) is 1.78. The van der Waals surface area contributed by atoms with Gasteiger partial charge in [0.15, 0.2) is 0 Å². The van der Waals surface area contributed by atoms with E-state index >= 15 is 0 Å². The standard InChI is InChI=1S/C13H13N3O4/c1-8-10(12(17)18)11(16(2)15-8)14-13(19)20-9-6-4-3-5-7-9/h3-7H,1-2H3,(H,14,19)(H,17,18). The molecule has 0 unspecified atom stereocenters. The number of aromatic nitrogens is 2. The Hall–Kier alpha value is -2.83. The Morgan fingerprint density at radius 3 is 2.55 bits per heavy atom. The molecule has 0 saturated carbocycles. The highest BCUT2D eigenvalue weighted by Crippen LogP contribution is 2.19. The lowest BCUT2D eigenvalue weighted by atomic mass is 10.2. The lowest BCUT2D eigenvalue weighted by Crippen LogP contribution is -2.20. The van der Waals surface area contributed by atoms with Crippen LogP contribution in [0.4, 0.5) is 10.6 Å². The predicted octanol–water partition coefficient (Wildman–Crippen LogP) is 2.04. The summed E-state index contributed by atoms with van der Waals surface area (Å²) >= 11 is 0. The van der Waals surface area contributed by atoms with Crippen LogP contribution in [0.15, 0.2) is 30.3 Å². The van der Waals surface area contributed by atoms with E-state index in [1.165, 1.54) is 11.7 Å². The fraction of sp³-hybridized carbons (Fsp3) is 0.154. The predicted molar refractivity (Wildman–Crippen MR) is 71.0 cm³/mol. The van der Waals surface area contributed by atoms with E-state index in [2.05, 4.69) is 10.4 Å². The largest absolute Gasteiger partial charge is 0.477 e. The third-order valence-corrected chi connectivity index (χ3v) is 2.61. The van der Waals surface area contributed by atoms with E-state index in [9.17, 15) is 9.59 Å². The number of aromatic carboxylic acids is 1. The van der Waals surface area contributed by atoms with Crippen LogP contribution in [-0.2, 0) is 7.05 Å². The summed E-state index contributed by atoms with van der Waals surface area (Å²) in [5, 5.41) is 15.5. The number of aryl methyl sites for hydroxylation is 2. The van der Waals surface area contributed by atoms with Gasteiger partial charge in [-0.05, 0) is 19.1 Å². The van der Waals surface area contributed by atoms with E-state index in [0.717, 1.165) is 0 Å². The van der Waals surface area contributed by atoms with E-state index in [-0.39, 0.29) is 11.4 Å². The first kappa shape index (κ1) is 13.6. The number of para-hydroxylation sites is 1. The molecule has 0 atom stereocenters. The van der Waals surface area contributed by atoms with Crippen molar-refractivity contribution in [1.82, 2.24) is 9.78 Å². The summed E-state index contributed by atoms with van der Waals surface area (Å²) in [5.74, 6) is -0.720. The van der Waals surface area contributed by atoms with Gasteiger partial charge in [0.2, 0.25) is 0 Å². The molecule has 1 aromatic heterocycles. The second-order valence-corrected chi connectivity index (χ2v) is 4.07. The molecule has 0 fully saturated rings. The number of nitrogens with one attached hydrogen (secondary N) is 1. The van der Waals surface area contributed by atoms with E-state index in [1.54, 1.807) is 37.3 Å². The number of carbonyl (C=O) groups excluding carboxylic acids is 1. The highest BCUT2D eigenvalue weighted by molar-refractivity contribution is 5.99. The quantitative estimate of drug-likeness (QED) is 0.894. The number of amides is 1. The first-order valence-corrected chi connectivity index (χ1v) is 5.80. The van der Waals surface area contributed by atoms with Gasteiger partial charge in [-0.1, -0.05) is 18.2 Å². The van der Waals surface area contributed by atoms with Crippen molar-refractivity contribution in [3.63, 3.8) is 0 Å². The molecule has 1 aromatic carbocycles. The maximum absolute atomic E-state index is 11.8. The molecule has 7 nitrogen and oxygen atoms in total. The van der Waals surface area contributed by atoms with Crippen molar-refractivity contribution in [2.24, 2.45) is 7.05 Å². The number of anilines is 1. The minimum absolute atomic E-state index is 0.0579. The number of carboxylic acids is 1. The second kappa shape index (κ2) is 5.43. The number of carboxylic acid groups (broad SMARTS) is 1. The molecule has 2 N–H and O–H groups in total. The molecule has 2 aromatic rings. The van der Waals surface area contributed by atoms with E-state index in [0.29, 0.717) is 11.4 Å².